The van der Waals surface area contributed by atoms with Gasteiger partial charge >= 0.3 is 5.97 Å². The molecule has 0 atom stereocenters. The summed E-state index contributed by atoms with van der Waals surface area (Å²) in [6, 6.07) is 3.16. The van der Waals surface area contributed by atoms with Gasteiger partial charge in [-0.15, -0.1) is 0 Å². The molecule has 0 bridgehead atoms. The highest BCUT2D eigenvalue weighted by molar-refractivity contribution is 6.29. The number of carbonyl (C=O) groups is 1. The van der Waals surface area contributed by atoms with Crippen molar-refractivity contribution in [3.63, 3.8) is 0 Å². The maximum Gasteiger partial charge on any atom is 0.339 e. The molecule has 1 aromatic rings. The second kappa shape index (κ2) is 4.58. The number of esters is 1. The first-order valence-corrected chi connectivity index (χ1v) is 4.29. The van der Waals surface area contributed by atoms with Gasteiger partial charge in [-0.05, 0) is 13.0 Å². The fraction of sp³-hybridized carbons (Fsp3) is 0.222. The average Bonchev–Trinajstić information content (AvgIpc) is 2.18. The summed E-state index contributed by atoms with van der Waals surface area (Å²) in [4.78, 5) is 15.0. The molecule has 1 aromatic heterocycles. The van der Waals surface area contributed by atoms with E-state index in [1.165, 1.54) is 12.3 Å². The lowest BCUT2D eigenvalue weighted by molar-refractivity contribution is 0.0526. The van der Waals surface area contributed by atoms with Crippen molar-refractivity contribution in [1.82, 2.24) is 4.98 Å². The highest BCUT2D eigenvalue weighted by atomic mass is 35.5. The standard InChI is InChI=1S/C9H7ClN2O2/c1-2-14-9(13)7-3-8(10)12-5-6(7)4-11/h3,5H,2H2,1H3. The molecule has 1 heterocycles. The zero-order chi connectivity index (χ0) is 10.6. The van der Waals surface area contributed by atoms with Crippen LogP contribution >= 0.6 is 11.6 Å². The fourth-order valence-electron chi connectivity index (χ4n) is 0.897. The fourth-order valence-corrected chi connectivity index (χ4v) is 1.05. The summed E-state index contributed by atoms with van der Waals surface area (Å²) in [5, 5.41) is 8.84. The third-order valence-corrected chi connectivity index (χ3v) is 1.69. The number of nitrogens with zero attached hydrogens (tertiary/aromatic N) is 2. The molecule has 5 heteroatoms. The number of carbonyl (C=O) groups excluding carboxylic acids is 1. The SMILES string of the molecule is CCOC(=O)c1cc(Cl)ncc1C#N. The lowest BCUT2D eigenvalue weighted by Crippen LogP contribution is -2.07. The lowest BCUT2D eigenvalue weighted by atomic mass is 10.1. The van der Waals surface area contributed by atoms with Gasteiger partial charge in [0, 0.05) is 6.20 Å². The highest BCUT2D eigenvalue weighted by Gasteiger charge is 2.13. The molecule has 0 amide bonds. The van der Waals surface area contributed by atoms with Crippen molar-refractivity contribution >= 4 is 17.6 Å². The first-order valence-electron chi connectivity index (χ1n) is 3.91. The lowest BCUT2D eigenvalue weighted by Gasteiger charge is -2.02. The van der Waals surface area contributed by atoms with Crippen LogP contribution in [0.25, 0.3) is 0 Å². The van der Waals surface area contributed by atoms with E-state index in [2.05, 4.69) is 4.98 Å². The molecule has 14 heavy (non-hydrogen) atoms. The van der Waals surface area contributed by atoms with Crippen LogP contribution in [0.1, 0.15) is 22.8 Å². The third kappa shape index (κ3) is 2.21. The van der Waals surface area contributed by atoms with E-state index in [0.29, 0.717) is 0 Å². The monoisotopic (exact) mass is 210 g/mol. The van der Waals surface area contributed by atoms with Crippen LogP contribution in [0.5, 0.6) is 0 Å². The molecule has 0 radical (unpaired) electrons. The molecule has 1 rings (SSSR count). The van der Waals surface area contributed by atoms with E-state index in [0.717, 1.165) is 0 Å². The zero-order valence-corrected chi connectivity index (χ0v) is 8.21. The Morgan fingerprint density at radius 1 is 1.79 bits per heavy atom. The number of nitriles is 1. The van der Waals surface area contributed by atoms with Crippen LogP contribution in [0.2, 0.25) is 5.15 Å². The Balaban J connectivity index is 3.12. The van der Waals surface area contributed by atoms with E-state index in [9.17, 15) is 4.79 Å². The molecule has 0 aromatic carbocycles. The van der Waals surface area contributed by atoms with Gasteiger partial charge in [0.25, 0.3) is 0 Å². The largest absolute Gasteiger partial charge is 0.462 e. The summed E-state index contributed by atoms with van der Waals surface area (Å²) in [6.45, 7) is 1.94. The second-order valence-electron chi connectivity index (χ2n) is 2.38. The number of halogens is 1. The molecule has 0 N–H and O–H groups in total. The molecule has 0 saturated heterocycles. The Kier molecular flexibility index (Phi) is 3.43. The minimum atomic E-state index is -0.562. The summed E-state index contributed by atoms with van der Waals surface area (Å²) in [7, 11) is 0. The third-order valence-electron chi connectivity index (χ3n) is 1.49. The first-order chi connectivity index (χ1) is 6.69. The van der Waals surface area contributed by atoms with Gasteiger partial charge in [-0.25, -0.2) is 9.78 Å². The summed E-state index contributed by atoms with van der Waals surface area (Å²) in [5.74, 6) is -0.562. The molecular weight excluding hydrogens is 204 g/mol. The van der Waals surface area contributed by atoms with Gasteiger partial charge in [0.1, 0.15) is 11.2 Å². The van der Waals surface area contributed by atoms with Gasteiger partial charge in [0.2, 0.25) is 0 Å². The van der Waals surface area contributed by atoms with Crippen molar-refractivity contribution in [1.29, 1.82) is 5.26 Å². The van der Waals surface area contributed by atoms with Gasteiger partial charge in [-0.3, -0.25) is 0 Å². The quantitative estimate of drug-likeness (QED) is 0.551. The van der Waals surface area contributed by atoms with Crippen LogP contribution in [0.4, 0.5) is 0 Å². The van der Waals surface area contributed by atoms with Crippen molar-refractivity contribution in [3.8, 4) is 6.07 Å². The summed E-state index contributed by atoms with van der Waals surface area (Å²) >= 11 is 5.59. The van der Waals surface area contributed by atoms with Gasteiger partial charge in [0.15, 0.2) is 0 Å². The number of pyridine rings is 1. The minimum absolute atomic E-state index is 0.148. The normalized spacial score (nSPS) is 9.21. The van der Waals surface area contributed by atoms with Crippen LogP contribution in [0.3, 0.4) is 0 Å². The maximum absolute atomic E-state index is 11.3. The van der Waals surface area contributed by atoms with Crippen molar-refractivity contribution in [3.05, 3.63) is 28.5 Å². The van der Waals surface area contributed by atoms with Crippen LogP contribution in [0.15, 0.2) is 12.3 Å². The van der Waals surface area contributed by atoms with Crippen LogP contribution in [-0.4, -0.2) is 17.6 Å². The summed E-state index contributed by atoms with van der Waals surface area (Å²) < 4.78 is 4.75. The second-order valence-corrected chi connectivity index (χ2v) is 2.77. The Bertz CT molecular complexity index is 398. The van der Waals surface area contributed by atoms with E-state index in [1.807, 2.05) is 6.07 Å². The molecular formula is C9H7ClN2O2. The van der Waals surface area contributed by atoms with Crippen molar-refractivity contribution in [2.75, 3.05) is 6.61 Å². The molecule has 0 aliphatic heterocycles. The van der Waals surface area contributed by atoms with Gasteiger partial charge in [-0.1, -0.05) is 11.6 Å². The van der Waals surface area contributed by atoms with Crippen molar-refractivity contribution in [2.45, 2.75) is 6.92 Å². The predicted octanol–water partition coefficient (Wildman–Crippen LogP) is 1.78. The van der Waals surface area contributed by atoms with Gasteiger partial charge in [0.05, 0.1) is 17.7 Å². The van der Waals surface area contributed by atoms with Crippen molar-refractivity contribution < 1.29 is 9.53 Å². The smallest absolute Gasteiger partial charge is 0.339 e. The van der Waals surface area contributed by atoms with E-state index >= 15 is 0 Å². The van der Waals surface area contributed by atoms with E-state index < -0.39 is 5.97 Å². The molecule has 0 saturated carbocycles. The zero-order valence-electron chi connectivity index (χ0n) is 7.45. The van der Waals surface area contributed by atoms with E-state index in [4.69, 9.17) is 21.6 Å². The number of ether oxygens (including phenoxy) is 1. The van der Waals surface area contributed by atoms with Crippen LogP contribution < -0.4 is 0 Å². The number of hydrogen-bond donors (Lipinski definition) is 0. The van der Waals surface area contributed by atoms with Crippen LogP contribution in [-0.2, 0) is 4.74 Å². The topological polar surface area (TPSA) is 63.0 Å². The maximum atomic E-state index is 11.3. The molecule has 4 nitrogen and oxygen atoms in total. The minimum Gasteiger partial charge on any atom is -0.462 e. The average molecular weight is 211 g/mol. The summed E-state index contributed by atoms with van der Waals surface area (Å²) in [6.07, 6.45) is 1.24. The molecule has 0 unspecified atom stereocenters. The number of aromatic nitrogens is 1. The van der Waals surface area contributed by atoms with E-state index in [1.54, 1.807) is 6.92 Å². The Labute approximate surface area is 86.1 Å². The number of hydrogen-bond acceptors (Lipinski definition) is 4. The van der Waals surface area contributed by atoms with Crippen LogP contribution in [0, 0.1) is 11.3 Å². The molecule has 0 aliphatic rings. The Morgan fingerprint density at radius 3 is 3.07 bits per heavy atom. The van der Waals surface area contributed by atoms with E-state index in [-0.39, 0.29) is 22.9 Å². The Hall–Kier alpha value is -1.60. The van der Waals surface area contributed by atoms with Gasteiger partial charge in [-0.2, -0.15) is 5.26 Å². The molecule has 72 valence electrons. The first kappa shape index (κ1) is 10.5. The molecule has 0 aliphatic carbocycles. The highest BCUT2D eigenvalue weighted by Crippen LogP contribution is 2.13. The number of rotatable bonds is 2. The van der Waals surface area contributed by atoms with Gasteiger partial charge < -0.3 is 4.74 Å². The molecule has 0 spiro atoms. The predicted molar refractivity (Wildman–Crippen MR) is 49.9 cm³/mol. The molecule has 0 fully saturated rings. The Morgan fingerprint density at radius 2 is 2.50 bits per heavy atom. The van der Waals surface area contributed by atoms with Crippen molar-refractivity contribution in [2.24, 2.45) is 0 Å². The summed E-state index contributed by atoms with van der Waals surface area (Å²) in [5.41, 5.74) is 0.308.